The van der Waals surface area contributed by atoms with Crippen LogP contribution in [0.3, 0.4) is 0 Å². The number of esters is 1. The normalized spacial score (nSPS) is 22.4. The van der Waals surface area contributed by atoms with Gasteiger partial charge in [0.25, 0.3) is 0 Å². The largest absolute Gasteiger partial charge is 0.484 e. The van der Waals surface area contributed by atoms with Crippen LogP contribution in [0, 0.1) is 17.8 Å². The van der Waals surface area contributed by atoms with Crippen molar-refractivity contribution in [3.05, 3.63) is 139 Å². The van der Waals surface area contributed by atoms with E-state index in [1.165, 1.54) is 29.4 Å². The van der Waals surface area contributed by atoms with E-state index >= 15 is 0 Å². The van der Waals surface area contributed by atoms with E-state index < -0.39 is 22.8 Å². The van der Waals surface area contributed by atoms with Crippen LogP contribution in [0.1, 0.15) is 145 Å². The van der Waals surface area contributed by atoms with Gasteiger partial charge in [-0.3, -0.25) is 67.1 Å². The van der Waals surface area contributed by atoms with E-state index in [1.807, 2.05) is 12.2 Å². The quantitative estimate of drug-likeness (QED) is 0.181. The molecule has 1 aromatic heterocycles. The Balaban J connectivity index is 0.000000204. The molecular weight excluding hydrogens is 1040 g/mol. The van der Waals surface area contributed by atoms with Crippen LogP contribution >= 0.6 is 0 Å². The monoisotopic (exact) mass is 1100 g/mol. The van der Waals surface area contributed by atoms with Crippen molar-refractivity contribution in [2.45, 2.75) is 135 Å². The molecule has 19 nitrogen and oxygen atoms in total. The first-order valence-electron chi connectivity index (χ1n) is 26.0. The Bertz CT molecular complexity index is 2910. The van der Waals surface area contributed by atoms with Crippen molar-refractivity contribution in [1.82, 2.24) is 0 Å². The molecule has 0 N–H and O–H groups in total. The summed E-state index contributed by atoms with van der Waals surface area (Å²) in [6.07, 6.45) is 32.0. The molecule has 0 saturated heterocycles. The number of carbonyl (C=O) groups excluding carboxylic acids is 14. The highest BCUT2D eigenvalue weighted by Crippen LogP contribution is 2.43. The van der Waals surface area contributed by atoms with E-state index in [4.69, 9.17) is 14.2 Å². The van der Waals surface area contributed by atoms with Gasteiger partial charge < -0.3 is 18.6 Å². The first kappa shape index (κ1) is 63.9. The summed E-state index contributed by atoms with van der Waals surface area (Å²) in [5.74, 6) is 0.556. The second-order valence-corrected chi connectivity index (χ2v) is 20.6. The fourth-order valence-corrected chi connectivity index (χ4v) is 9.38. The average Bonchev–Trinajstić information content (AvgIpc) is 3.87. The van der Waals surface area contributed by atoms with Crippen LogP contribution in [0.15, 0.2) is 127 Å². The summed E-state index contributed by atoms with van der Waals surface area (Å²) in [5, 5.41) is 0. The lowest BCUT2D eigenvalue weighted by molar-refractivity contribution is -0.205. The van der Waals surface area contributed by atoms with E-state index in [-0.39, 0.29) is 52.0 Å². The van der Waals surface area contributed by atoms with Crippen LogP contribution in [0.4, 0.5) is 0 Å². The number of fused-ring (bicyclic) bond motifs is 3. The van der Waals surface area contributed by atoms with Crippen molar-refractivity contribution in [2.24, 2.45) is 17.8 Å². The van der Waals surface area contributed by atoms with Gasteiger partial charge in [-0.2, -0.15) is 0 Å². The predicted octanol–water partition coefficient (Wildman–Crippen LogP) is 7.39. The second kappa shape index (κ2) is 31.1. The average molecular weight is 1100 g/mol. The first-order chi connectivity index (χ1) is 38.0. The molecule has 0 amide bonds. The first-order valence-corrected chi connectivity index (χ1v) is 26.0. The van der Waals surface area contributed by atoms with Gasteiger partial charge in [0.1, 0.15) is 30.7 Å². The zero-order valence-electron chi connectivity index (χ0n) is 45.1. The van der Waals surface area contributed by atoms with E-state index in [2.05, 4.69) is 10.5 Å². The van der Waals surface area contributed by atoms with E-state index in [0.29, 0.717) is 92.6 Å². The summed E-state index contributed by atoms with van der Waals surface area (Å²) in [7, 11) is 0. The summed E-state index contributed by atoms with van der Waals surface area (Å²) < 4.78 is 19.4. The van der Waals surface area contributed by atoms with Gasteiger partial charge in [-0.15, -0.1) is 0 Å². The smallest absolute Gasteiger partial charge is 0.337 e. The van der Waals surface area contributed by atoms with Crippen LogP contribution in [0.5, 0.6) is 0 Å². The number of hydrogen-bond acceptors (Lipinski definition) is 19. The van der Waals surface area contributed by atoms with E-state index in [0.717, 1.165) is 118 Å². The third-order valence-corrected chi connectivity index (χ3v) is 13.1. The molecule has 0 bridgehead atoms. The Hall–Kier alpha value is -8.61. The van der Waals surface area contributed by atoms with Crippen LogP contribution < -0.4 is 5.43 Å². The summed E-state index contributed by atoms with van der Waals surface area (Å²) in [4.78, 5) is 158. The standard InChI is InChI=1S/C15H16O2.C11H12O2.C8H10O3.C7H8O4.C7H4O4.C7H8O2.C6H6O2/c16-9-10-1-2-11-6-12-3-4-15(17)8-14(12)7-13(11)5-10;12-7-8-1-2-9-3-4-11(13)6-10(9)5-8;1-8(2)4-6(10)3-7(5-9)11-8;1-7(2)10-5(4-8)3-6(9)11-7;8-3-6-1-5(10)2-7(4-9)11-6;8-5-6-2-1-3-7(9)4-6;7-4-5-1-2-6(8)3-5/h5,7-9,11-12H,1-4,6H2;5-7,9H,1-4H2;3,5H,4H2,1-2H3;3-4H,1-2H3;1-4H;4-5H,1-3H2;3-4H,1-2H2. The van der Waals surface area contributed by atoms with Crippen LogP contribution in [-0.2, 0) is 71.7 Å². The minimum Gasteiger partial charge on any atom is -0.484 e. The number of rotatable bonds is 8. The predicted molar refractivity (Wildman–Crippen MR) is 286 cm³/mol. The van der Waals surface area contributed by atoms with Crippen molar-refractivity contribution in [3.63, 3.8) is 0 Å². The van der Waals surface area contributed by atoms with Crippen molar-refractivity contribution in [1.29, 1.82) is 0 Å². The van der Waals surface area contributed by atoms with Gasteiger partial charge in [0.2, 0.25) is 5.79 Å². The molecule has 10 rings (SSSR count). The lowest BCUT2D eigenvalue weighted by Gasteiger charge is -2.34. The molecule has 80 heavy (non-hydrogen) atoms. The Morgan fingerprint density at radius 3 is 1.31 bits per heavy atom. The van der Waals surface area contributed by atoms with Crippen molar-refractivity contribution >= 4 is 85.2 Å². The number of hydrogen-bond donors (Lipinski definition) is 0. The number of ether oxygens (including phenoxy) is 3. The molecule has 0 saturated carbocycles. The molecule has 0 aromatic carbocycles. The fraction of sp³-hybridized carbons (Fsp3) is 0.393. The summed E-state index contributed by atoms with van der Waals surface area (Å²) >= 11 is 0. The molecule has 422 valence electrons. The van der Waals surface area contributed by atoms with Crippen LogP contribution in [0.2, 0.25) is 0 Å². The third kappa shape index (κ3) is 21.7. The molecular formula is C61H64O19. The molecule has 0 radical (unpaired) electrons. The zero-order chi connectivity index (χ0) is 59.0. The molecule has 9 aliphatic rings. The Kier molecular flexibility index (Phi) is 24.9. The molecule has 0 spiro atoms. The number of cyclic esters (lactones) is 1. The molecule has 7 aliphatic carbocycles. The number of aldehydes is 8. The molecule has 3 heterocycles. The number of ketones is 5. The van der Waals surface area contributed by atoms with Gasteiger partial charge in [-0.1, -0.05) is 18.2 Å². The Morgan fingerprint density at radius 1 is 0.400 bits per heavy atom. The van der Waals surface area contributed by atoms with E-state index in [9.17, 15) is 71.9 Å². The van der Waals surface area contributed by atoms with E-state index in [1.54, 1.807) is 39.8 Å². The minimum atomic E-state index is -1.03. The summed E-state index contributed by atoms with van der Waals surface area (Å²) in [6, 6.07) is 2.03. The van der Waals surface area contributed by atoms with Crippen LogP contribution in [-0.4, -0.2) is 96.6 Å². The summed E-state index contributed by atoms with van der Waals surface area (Å²) in [5.41, 5.74) is 5.59. The molecule has 0 fully saturated rings. The number of carbonyl (C=O) groups is 14. The SMILES string of the molecule is CC1(C)CC(=O)C=C(C=O)O1.CC1(C)OC(=O)C=C(C=O)O1.O=CC1=CC(=O)CC1.O=CC1=CC(=O)CCC1.O=CC1=CC2=CC(=O)CCC2CC1.O=CC1=CC2=CC3=CC(=O)CCC3CC2CC1.O=Cc1cc(=O)cc(C=O)o1. The van der Waals surface area contributed by atoms with Crippen molar-refractivity contribution < 1.29 is 85.8 Å². The van der Waals surface area contributed by atoms with Gasteiger partial charge in [-0.25, -0.2) is 4.79 Å². The van der Waals surface area contributed by atoms with Crippen LogP contribution in [0.25, 0.3) is 0 Å². The van der Waals surface area contributed by atoms with Gasteiger partial charge in [0.05, 0.1) is 6.08 Å². The Labute approximate surface area is 461 Å². The molecule has 1 aromatic rings. The van der Waals surface area contributed by atoms with Gasteiger partial charge >= 0.3 is 5.97 Å². The third-order valence-electron chi connectivity index (χ3n) is 13.1. The molecule has 3 unspecified atom stereocenters. The van der Waals surface area contributed by atoms with Gasteiger partial charge in [-0.05, 0) is 159 Å². The minimum absolute atomic E-state index is 0.00579. The maximum absolute atomic E-state index is 11.4. The number of allylic oxidation sites excluding steroid dienone is 17. The highest BCUT2D eigenvalue weighted by Gasteiger charge is 2.32. The van der Waals surface area contributed by atoms with Gasteiger partial charge in [0, 0.05) is 64.2 Å². The lowest BCUT2D eigenvalue weighted by Crippen LogP contribution is -2.34. The van der Waals surface area contributed by atoms with Gasteiger partial charge in [0.15, 0.2) is 82.5 Å². The maximum atomic E-state index is 11.4. The molecule has 19 heteroatoms. The highest BCUT2D eigenvalue weighted by molar-refractivity contribution is 5.99. The van der Waals surface area contributed by atoms with Crippen molar-refractivity contribution in [3.8, 4) is 0 Å². The molecule has 2 aliphatic heterocycles. The molecule has 3 atom stereocenters. The lowest BCUT2D eigenvalue weighted by atomic mass is 9.70. The topological polar surface area (TPSA) is 297 Å². The highest BCUT2D eigenvalue weighted by atomic mass is 16.7. The maximum Gasteiger partial charge on any atom is 0.337 e. The Morgan fingerprint density at radius 2 is 0.850 bits per heavy atom. The summed E-state index contributed by atoms with van der Waals surface area (Å²) in [6.45, 7) is 6.67. The zero-order valence-corrected chi connectivity index (χ0v) is 45.1. The van der Waals surface area contributed by atoms with Crippen molar-refractivity contribution in [2.75, 3.05) is 0 Å². The fourth-order valence-electron chi connectivity index (χ4n) is 9.38. The second-order valence-electron chi connectivity index (χ2n) is 20.6.